The van der Waals surface area contributed by atoms with Crippen LogP contribution in [-0.4, -0.2) is 38.5 Å². The normalized spacial score (nSPS) is 27.3. The van der Waals surface area contributed by atoms with Crippen molar-refractivity contribution >= 4 is 15.5 Å². The van der Waals surface area contributed by atoms with E-state index in [4.69, 9.17) is 0 Å². The van der Waals surface area contributed by atoms with Crippen molar-refractivity contribution in [3.63, 3.8) is 0 Å². The summed E-state index contributed by atoms with van der Waals surface area (Å²) in [6, 6.07) is 11.7. The van der Waals surface area contributed by atoms with Gasteiger partial charge in [0.2, 0.25) is 0 Å². The fourth-order valence-corrected chi connectivity index (χ4v) is 7.42. The van der Waals surface area contributed by atoms with Gasteiger partial charge in [0.25, 0.3) is 0 Å². The number of aliphatic hydroxyl groups is 1. The largest absolute Gasteiger partial charge is 0.392 e. The van der Waals surface area contributed by atoms with E-state index in [0.717, 1.165) is 43.6 Å². The van der Waals surface area contributed by atoms with Crippen LogP contribution in [0.25, 0.3) is 0 Å². The fourth-order valence-electron chi connectivity index (χ4n) is 5.17. The number of sulfone groups is 1. The number of nitrogens with zero attached hydrogens (tertiary/aromatic N) is 1. The Balaban J connectivity index is 1.93. The van der Waals surface area contributed by atoms with Gasteiger partial charge in [0.1, 0.15) is 5.82 Å². The number of halogens is 1. The summed E-state index contributed by atoms with van der Waals surface area (Å²) < 4.78 is 40.9. The molecule has 2 aliphatic rings. The molecule has 0 aliphatic carbocycles. The Labute approximate surface area is 185 Å². The minimum atomic E-state index is -3.59. The number of hydrogen-bond acceptors (Lipinski definition) is 4. The van der Waals surface area contributed by atoms with Gasteiger partial charge in [-0.3, -0.25) is 0 Å². The van der Waals surface area contributed by atoms with Gasteiger partial charge in [0, 0.05) is 30.1 Å². The second-order valence-corrected chi connectivity index (χ2v) is 11.1. The number of rotatable bonds is 6. The lowest BCUT2D eigenvalue weighted by atomic mass is 9.69. The topological polar surface area (TPSA) is 57.6 Å². The van der Waals surface area contributed by atoms with Crippen molar-refractivity contribution in [2.45, 2.75) is 62.9 Å². The summed E-state index contributed by atoms with van der Waals surface area (Å²) in [7, 11) is -3.59. The summed E-state index contributed by atoms with van der Waals surface area (Å²) in [5.74, 6) is -0.932. The molecule has 0 spiro atoms. The maximum atomic E-state index is 13.7. The van der Waals surface area contributed by atoms with Crippen molar-refractivity contribution in [1.82, 2.24) is 0 Å². The lowest BCUT2D eigenvalue weighted by molar-refractivity contribution is 0.0174. The van der Waals surface area contributed by atoms with Crippen molar-refractivity contribution in [2.75, 3.05) is 23.7 Å². The van der Waals surface area contributed by atoms with Gasteiger partial charge >= 0.3 is 0 Å². The van der Waals surface area contributed by atoms with Gasteiger partial charge in [0.15, 0.2) is 9.84 Å². The molecule has 4 nitrogen and oxygen atoms in total. The molecule has 2 aromatic rings. The smallest absolute Gasteiger partial charge is 0.179 e. The number of anilines is 1. The Morgan fingerprint density at radius 1 is 1.13 bits per heavy atom. The molecule has 31 heavy (non-hydrogen) atoms. The first-order valence-electron chi connectivity index (χ1n) is 11.4. The Morgan fingerprint density at radius 2 is 1.84 bits per heavy atom. The van der Waals surface area contributed by atoms with Gasteiger partial charge < -0.3 is 10.0 Å². The van der Waals surface area contributed by atoms with Crippen LogP contribution in [0.5, 0.6) is 0 Å². The third-order valence-electron chi connectivity index (χ3n) is 7.27. The molecule has 0 bridgehead atoms. The number of unbranched alkanes of at least 4 members (excludes halogenated alkanes) is 1. The first-order chi connectivity index (χ1) is 14.8. The quantitative estimate of drug-likeness (QED) is 0.687. The number of fused-ring (bicyclic) bond motifs is 1. The average Bonchev–Trinajstić information content (AvgIpc) is 2.77. The highest BCUT2D eigenvalue weighted by Crippen LogP contribution is 2.49. The molecule has 0 aromatic heterocycles. The lowest BCUT2D eigenvalue weighted by Gasteiger charge is -2.39. The van der Waals surface area contributed by atoms with E-state index in [2.05, 4.69) is 11.8 Å². The fraction of sp³-hybridized carbons (Fsp3) is 0.520. The van der Waals surface area contributed by atoms with Crippen molar-refractivity contribution in [3.05, 3.63) is 59.4 Å². The van der Waals surface area contributed by atoms with Gasteiger partial charge in [-0.15, -0.1) is 0 Å². The molecule has 2 aliphatic heterocycles. The van der Waals surface area contributed by atoms with E-state index in [1.54, 1.807) is 18.2 Å². The highest BCUT2D eigenvalue weighted by Gasteiger charge is 2.49. The van der Waals surface area contributed by atoms with E-state index < -0.39 is 27.3 Å². The minimum absolute atomic E-state index is 0.0641. The van der Waals surface area contributed by atoms with Gasteiger partial charge in [-0.25, -0.2) is 12.8 Å². The lowest BCUT2D eigenvalue weighted by Crippen LogP contribution is -2.42. The molecular weight excluding hydrogens is 413 g/mol. The Kier molecular flexibility index (Phi) is 6.14. The predicted octanol–water partition coefficient (Wildman–Crippen LogP) is 4.90. The van der Waals surface area contributed by atoms with E-state index >= 15 is 0 Å². The number of aliphatic hydroxyl groups excluding tert-OH is 1. The summed E-state index contributed by atoms with van der Waals surface area (Å²) in [6.45, 7) is 5.94. The second-order valence-electron chi connectivity index (χ2n) is 9.12. The molecule has 168 valence electrons. The van der Waals surface area contributed by atoms with Crippen LogP contribution in [0.3, 0.4) is 0 Å². The second kappa shape index (κ2) is 8.55. The van der Waals surface area contributed by atoms with Crippen molar-refractivity contribution < 1.29 is 17.9 Å². The van der Waals surface area contributed by atoms with Crippen LogP contribution in [0.1, 0.15) is 63.0 Å². The molecular formula is C25H32FNO3S. The standard InChI is InChI=1S/C25H32FNO3S/c1-3-5-13-25(4-2)17-31(29,30)22-12-11-20(27-14-6-15-27)16-21(22)23(24(25)28)18-7-9-19(26)10-8-18/h7-12,16,23-24,28H,3-6,13-15,17H2,1-2H3/t23-,24-,25+/m0/s1. The molecule has 0 amide bonds. The third-order valence-corrected chi connectivity index (χ3v) is 9.26. The van der Waals surface area contributed by atoms with E-state index in [9.17, 15) is 17.9 Å². The Bertz CT molecular complexity index is 1030. The van der Waals surface area contributed by atoms with Gasteiger partial charge in [-0.2, -0.15) is 0 Å². The summed E-state index contributed by atoms with van der Waals surface area (Å²) in [6.07, 6.45) is 3.24. The first kappa shape index (κ1) is 22.3. The molecule has 1 fully saturated rings. The molecule has 0 unspecified atom stereocenters. The van der Waals surface area contributed by atoms with Gasteiger partial charge in [-0.1, -0.05) is 38.8 Å². The van der Waals surface area contributed by atoms with Crippen LogP contribution in [0, 0.1) is 11.2 Å². The van der Waals surface area contributed by atoms with Gasteiger partial charge in [0.05, 0.1) is 16.8 Å². The predicted molar refractivity (Wildman–Crippen MR) is 122 cm³/mol. The van der Waals surface area contributed by atoms with Gasteiger partial charge in [-0.05, 0) is 60.7 Å². The monoisotopic (exact) mass is 445 g/mol. The van der Waals surface area contributed by atoms with Crippen molar-refractivity contribution in [3.8, 4) is 0 Å². The summed E-state index contributed by atoms with van der Waals surface area (Å²) in [4.78, 5) is 2.52. The van der Waals surface area contributed by atoms with E-state index in [-0.39, 0.29) is 11.6 Å². The summed E-state index contributed by atoms with van der Waals surface area (Å²) in [5.41, 5.74) is 1.62. The highest BCUT2D eigenvalue weighted by atomic mass is 32.2. The molecule has 1 saturated heterocycles. The maximum absolute atomic E-state index is 13.7. The van der Waals surface area contributed by atoms with E-state index in [1.165, 1.54) is 12.1 Å². The van der Waals surface area contributed by atoms with Crippen LogP contribution >= 0.6 is 0 Å². The zero-order valence-corrected chi connectivity index (χ0v) is 19.2. The minimum Gasteiger partial charge on any atom is -0.392 e. The van der Waals surface area contributed by atoms with E-state index in [1.807, 2.05) is 19.1 Å². The first-order valence-corrected chi connectivity index (χ1v) is 13.0. The molecule has 6 heteroatoms. The van der Waals surface area contributed by atoms with Crippen molar-refractivity contribution in [2.24, 2.45) is 5.41 Å². The molecule has 2 heterocycles. The molecule has 1 N–H and O–H groups in total. The highest BCUT2D eigenvalue weighted by molar-refractivity contribution is 7.91. The summed E-state index contributed by atoms with van der Waals surface area (Å²) in [5, 5.41) is 11.8. The zero-order valence-electron chi connectivity index (χ0n) is 18.4. The van der Waals surface area contributed by atoms with Crippen LogP contribution in [0.4, 0.5) is 10.1 Å². The van der Waals surface area contributed by atoms with Crippen LogP contribution in [0.2, 0.25) is 0 Å². The maximum Gasteiger partial charge on any atom is 0.179 e. The Morgan fingerprint density at radius 3 is 2.42 bits per heavy atom. The Hall–Kier alpha value is -1.92. The zero-order chi connectivity index (χ0) is 22.2. The molecule has 0 saturated carbocycles. The summed E-state index contributed by atoms with van der Waals surface area (Å²) >= 11 is 0. The molecule has 0 radical (unpaired) electrons. The molecule has 2 aromatic carbocycles. The SMILES string of the molecule is CCCC[C@]1(CC)CS(=O)(=O)c2ccc(N3CCC3)cc2[C@H](c2ccc(F)cc2)[C@@H]1O. The third kappa shape index (κ3) is 4.00. The van der Waals surface area contributed by atoms with Crippen molar-refractivity contribution in [1.29, 1.82) is 0 Å². The van der Waals surface area contributed by atoms with Crippen LogP contribution in [0.15, 0.2) is 47.4 Å². The molecule has 3 atom stereocenters. The van der Waals surface area contributed by atoms with E-state index in [0.29, 0.717) is 23.3 Å². The van der Waals surface area contributed by atoms with Crippen LogP contribution in [-0.2, 0) is 9.84 Å². The molecule has 4 rings (SSSR count). The van der Waals surface area contributed by atoms with Crippen LogP contribution < -0.4 is 4.90 Å². The number of benzene rings is 2. The number of hydrogen-bond donors (Lipinski definition) is 1. The average molecular weight is 446 g/mol.